The van der Waals surface area contributed by atoms with Gasteiger partial charge in [-0.2, -0.15) is 0 Å². The smallest absolute Gasteiger partial charge is 0.312 e. The molecule has 0 aliphatic carbocycles. The molecule has 0 unspecified atom stereocenters. The van der Waals surface area contributed by atoms with E-state index < -0.39 is 5.60 Å². The van der Waals surface area contributed by atoms with Crippen molar-refractivity contribution in [2.45, 2.75) is 65.4 Å². The Morgan fingerprint density at radius 2 is 1.93 bits per heavy atom. The quantitative estimate of drug-likeness (QED) is 0.355. The van der Waals surface area contributed by atoms with Gasteiger partial charge in [-0.1, -0.05) is 24.3 Å². The monoisotopic (exact) mass is 573 g/mol. The number of hydrogen-bond donors (Lipinski definition) is 1. The van der Waals surface area contributed by atoms with Crippen LogP contribution in [-0.4, -0.2) is 56.5 Å². The molecule has 5 rings (SSSR count). The number of carbonyl (C=O) groups is 1. The molecular weight excluding hydrogens is 530 g/mol. The fourth-order valence-corrected chi connectivity index (χ4v) is 5.85. The van der Waals surface area contributed by atoms with E-state index in [0.29, 0.717) is 26.1 Å². The topological polar surface area (TPSA) is 82.2 Å². The molecular formula is C34H43N3O5. The van der Waals surface area contributed by atoms with Gasteiger partial charge in [-0.05, 0) is 88.0 Å². The molecule has 1 saturated heterocycles. The van der Waals surface area contributed by atoms with Crippen LogP contribution in [0, 0.1) is 12.8 Å². The number of aromatic nitrogens is 1. The number of benzene rings is 2. The zero-order chi connectivity index (χ0) is 29.9. The molecule has 2 aromatic carbocycles. The second kappa shape index (κ2) is 12.7. The number of rotatable bonds is 8. The van der Waals surface area contributed by atoms with E-state index in [1.807, 2.05) is 45.0 Å². The van der Waals surface area contributed by atoms with Crippen LogP contribution in [0.1, 0.15) is 49.4 Å². The number of anilines is 1. The van der Waals surface area contributed by atoms with E-state index in [1.54, 1.807) is 14.2 Å². The molecule has 1 aromatic heterocycles. The number of fused-ring (bicyclic) bond motifs is 1. The summed E-state index contributed by atoms with van der Waals surface area (Å²) in [4.78, 5) is 20.1. The van der Waals surface area contributed by atoms with Gasteiger partial charge in [0, 0.05) is 37.9 Å². The van der Waals surface area contributed by atoms with Gasteiger partial charge in [0.05, 0.1) is 24.8 Å². The van der Waals surface area contributed by atoms with Crippen molar-refractivity contribution >= 4 is 11.8 Å². The lowest BCUT2D eigenvalue weighted by molar-refractivity contribution is -0.165. The highest BCUT2D eigenvalue weighted by molar-refractivity contribution is 5.74. The summed E-state index contributed by atoms with van der Waals surface area (Å²) in [6.45, 7) is 11.2. The Labute approximate surface area is 249 Å². The summed E-state index contributed by atoms with van der Waals surface area (Å²) in [6.07, 6.45) is 1.34. The van der Waals surface area contributed by atoms with Gasteiger partial charge < -0.3 is 29.2 Å². The summed E-state index contributed by atoms with van der Waals surface area (Å²) in [5, 5.41) is 3.43. The lowest BCUT2D eigenvalue weighted by atomic mass is 9.93. The summed E-state index contributed by atoms with van der Waals surface area (Å²) in [6, 6.07) is 16.5. The third-order valence-corrected chi connectivity index (χ3v) is 7.95. The van der Waals surface area contributed by atoms with E-state index in [0.717, 1.165) is 59.2 Å². The number of ether oxygens (including phenoxy) is 4. The van der Waals surface area contributed by atoms with Gasteiger partial charge in [-0.15, -0.1) is 0 Å². The largest absolute Gasteiger partial charge is 0.496 e. The van der Waals surface area contributed by atoms with Crippen LogP contribution in [0.3, 0.4) is 0 Å². The summed E-state index contributed by atoms with van der Waals surface area (Å²) >= 11 is 0. The molecule has 2 aliphatic rings. The molecule has 3 heterocycles. The molecule has 0 saturated carbocycles. The highest BCUT2D eigenvalue weighted by atomic mass is 16.6. The first kappa shape index (κ1) is 29.9. The molecule has 0 amide bonds. The van der Waals surface area contributed by atoms with Crippen molar-refractivity contribution < 1.29 is 23.7 Å². The standard InChI is InChI=1S/C34H43N3O5/c1-22-9-7-10-25(32(22)41-21-23-17-24-13-15-35-19-27(24)29(18-23)39-5)28-11-8-12-31(36-28)37-16-14-26(30(20-37)40-6)33(38)42-34(2,3)4/h7-12,17-18,26,30,35H,13-16,19-21H2,1-6H3/t26-,30+/m0/s1. The SMILES string of the molecule is COc1cc(COc2c(C)cccc2-c2cccc(N3CC[C@H](C(=O)OC(C)(C)C)[C@H](OC)C3)n2)cc2c1CNCC2. The van der Waals surface area contributed by atoms with Gasteiger partial charge in [0.1, 0.15) is 29.5 Å². The predicted molar refractivity (Wildman–Crippen MR) is 164 cm³/mol. The highest BCUT2D eigenvalue weighted by Crippen LogP contribution is 2.35. The number of aryl methyl sites for hydroxylation is 1. The van der Waals surface area contributed by atoms with Crippen LogP contribution in [-0.2, 0) is 33.8 Å². The number of carbonyl (C=O) groups excluding carboxylic acids is 1. The predicted octanol–water partition coefficient (Wildman–Crippen LogP) is 5.47. The van der Waals surface area contributed by atoms with Crippen LogP contribution >= 0.6 is 0 Å². The molecule has 0 bridgehead atoms. The Balaban J connectivity index is 1.35. The molecule has 0 spiro atoms. The molecule has 1 N–H and O–H groups in total. The van der Waals surface area contributed by atoms with Gasteiger partial charge in [0.15, 0.2) is 0 Å². The van der Waals surface area contributed by atoms with Gasteiger partial charge in [0.25, 0.3) is 0 Å². The van der Waals surface area contributed by atoms with Crippen molar-refractivity contribution in [2.24, 2.45) is 5.92 Å². The van der Waals surface area contributed by atoms with Gasteiger partial charge in [0.2, 0.25) is 0 Å². The maximum atomic E-state index is 12.8. The van der Waals surface area contributed by atoms with Crippen LogP contribution in [0.25, 0.3) is 11.3 Å². The van der Waals surface area contributed by atoms with Gasteiger partial charge in [-0.3, -0.25) is 4.79 Å². The molecule has 2 atom stereocenters. The second-order valence-electron chi connectivity index (χ2n) is 12.1. The Bertz CT molecular complexity index is 1400. The second-order valence-corrected chi connectivity index (χ2v) is 12.1. The number of piperidine rings is 1. The molecule has 0 radical (unpaired) electrons. The van der Waals surface area contributed by atoms with Crippen LogP contribution < -0.4 is 19.7 Å². The van der Waals surface area contributed by atoms with Crippen LogP contribution in [0.4, 0.5) is 5.82 Å². The highest BCUT2D eigenvalue weighted by Gasteiger charge is 2.37. The third-order valence-electron chi connectivity index (χ3n) is 7.95. The molecule has 3 aromatic rings. The molecule has 42 heavy (non-hydrogen) atoms. The number of methoxy groups -OCH3 is 2. The average Bonchev–Trinajstić information content (AvgIpc) is 2.98. The van der Waals surface area contributed by atoms with Crippen molar-refractivity contribution in [3.63, 3.8) is 0 Å². The van der Waals surface area contributed by atoms with E-state index in [-0.39, 0.29) is 18.0 Å². The minimum absolute atomic E-state index is 0.203. The average molecular weight is 574 g/mol. The van der Waals surface area contributed by atoms with Gasteiger partial charge in [-0.25, -0.2) is 4.98 Å². The van der Waals surface area contributed by atoms with E-state index in [2.05, 4.69) is 41.4 Å². The first-order valence-electron chi connectivity index (χ1n) is 14.8. The first-order chi connectivity index (χ1) is 20.2. The third kappa shape index (κ3) is 6.71. The van der Waals surface area contributed by atoms with E-state index in [1.165, 1.54) is 11.1 Å². The maximum Gasteiger partial charge on any atom is 0.312 e. The van der Waals surface area contributed by atoms with E-state index in [4.69, 9.17) is 23.9 Å². The van der Waals surface area contributed by atoms with Crippen molar-refractivity contribution in [1.82, 2.24) is 10.3 Å². The van der Waals surface area contributed by atoms with Crippen molar-refractivity contribution in [2.75, 3.05) is 38.8 Å². The van der Waals surface area contributed by atoms with Crippen LogP contribution in [0.15, 0.2) is 48.5 Å². The number of pyridine rings is 1. The number of nitrogens with zero attached hydrogens (tertiary/aromatic N) is 2. The Morgan fingerprint density at radius 3 is 2.69 bits per heavy atom. The normalized spacial score (nSPS) is 18.8. The maximum absolute atomic E-state index is 12.8. The summed E-state index contributed by atoms with van der Waals surface area (Å²) in [5.74, 6) is 2.06. The van der Waals surface area contributed by atoms with Crippen LogP contribution in [0.5, 0.6) is 11.5 Å². The molecule has 8 heteroatoms. The van der Waals surface area contributed by atoms with E-state index >= 15 is 0 Å². The first-order valence-corrected chi connectivity index (χ1v) is 14.8. The van der Waals surface area contributed by atoms with Crippen molar-refractivity contribution in [1.29, 1.82) is 0 Å². The Kier molecular flexibility index (Phi) is 9.04. The molecule has 224 valence electrons. The number of nitrogens with one attached hydrogen (secondary N) is 1. The molecule has 1 fully saturated rings. The Hall–Kier alpha value is -3.62. The zero-order valence-electron chi connectivity index (χ0n) is 25.7. The van der Waals surface area contributed by atoms with Crippen LogP contribution in [0.2, 0.25) is 0 Å². The number of para-hydroxylation sites is 1. The summed E-state index contributed by atoms with van der Waals surface area (Å²) in [7, 11) is 3.38. The summed E-state index contributed by atoms with van der Waals surface area (Å²) < 4.78 is 23.6. The van der Waals surface area contributed by atoms with E-state index in [9.17, 15) is 4.79 Å². The Morgan fingerprint density at radius 1 is 1.12 bits per heavy atom. The zero-order valence-corrected chi connectivity index (χ0v) is 25.7. The number of hydrogen-bond acceptors (Lipinski definition) is 8. The lowest BCUT2D eigenvalue weighted by Gasteiger charge is -2.38. The fraction of sp³-hybridized carbons (Fsp3) is 0.471. The molecule has 8 nitrogen and oxygen atoms in total. The lowest BCUT2D eigenvalue weighted by Crippen LogP contribution is -2.49. The minimum Gasteiger partial charge on any atom is -0.496 e. The fourth-order valence-electron chi connectivity index (χ4n) is 5.85. The summed E-state index contributed by atoms with van der Waals surface area (Å²) in [5.41, 5.74) is 5.93. The van der Waals surface area contributed by atoms with Crippen molar-refractivity contribution in [3.8, 4) is 22.8 Å². The minimum atomic E-state index is -0.528. The molecule has 2 aliphatic heterocycles. The van der Waals surface area contributed by atoms with Gasteiger partial charge >= 0.3 is 5.97 Å². The number of esters is 1. The van der Waals surface area contributed by atoms with Crippen molar-refractivity contribution in [3.05, 3.63) is 70.8 Å².